The molecular weight excluding hydrogens is 428 g/mol. The fourth-order valence-electron chi connectivity index (χ4n) is 7.90. The minimum atomic E-state index is -0.207. The van der Waals surface area contributed by atoms with Crippen LogP contribution in [0.1, 0.15) is 57.9 Å². The largest absolute Gasteiger partial charge is 0.379 e. The number of morpholine rings is 1. The van der Waals surface area contributed by atoms with E-state index in [2.05, 4.69) is 29.7 Å². The van der Waals surface area contributed by atoms with Gasteiger partial charge in [0.2, 0.25) is 0 Å². The van der Waals surface area contributed by atoms with Crippen molar-refractivity contribution in [1.29, 1.82) is 5.26 Å². The van der Waals surface area contributed by atoms with E-state index in [4.69, 9.17) is 21.9 Å². The van der Waals surface area contributed by atoms with Crippen molar-refractivity contribution < 1.29 is 4.74 Å². The number of hydrogen-bond acceptors (Lipinski definition) is 5. The average molecular weight is 463 g/mol. The maximum Gasteiger partial charge on any atom is 0.127 e. The summed E-state index contributed by atoms with van der Waals surface area (Å²) in [6.07, 6.45) is 7.98. The first-order valence-electron chi connectivity index (χ1n) is 12.6. The summed E-state index contributed by atoms with van der Waals surface area (Å²) < 4.78 is 5.70. The molecule has 6 fully saturated rings. The molecule has 5 nitrogen and oxygen atoms in total. The lowest BCUT2D eigenvalue weighted by Crippen LogP contribution is -2.54. The molecule has 33 heavy (non-hydrogen) atoms. The molecule has 0 spiro atoms. The number of nitrogens with zero attached hydrogens (tertiary/aromatic N) is 4. The number of benzene rings is 1. The average Bonchev–Trinajstić information content (AvgIpc) is 2.98. The van der Waals surface area contributed by atoms with Crippen molar-refractivity contribution in [3.05, 3.63) is 29.8 Å². The van der Waals surface area contributed by atoms with Crippen LogP contribution >= 0.6 is 12.2 Å². The van der Waals surface area contributed by atoms with Gasteiger partial charge in [0.05, 0.1) is 41.4 Å². The van der Waals surface area contributed by atoms with Crippen LogP contribution in [0.2, 0.25) is 0 Å². The Morgan fingerprint density at radius 3 is 2.12 bits per heavy atom. The first kappa shape index (κ1) is 21.7. The lowest BCUT2D eigenvalue weighted by Gasteiger charge is -2.55. The van der Waals surface area contributed by atoms with Crippen LogP contribution in [0.15, 0.2) is 29.3 Å². The predicted octanol–water partition coefficient (Wildman–Crippen LogP) is 4.80. The van der Waals surface area contributed by atoms with Gasteiger partial charge in [0, 0.05) is 24.2 Å². The molecule has 4 saturated carbocycles. The molecule has 1 aromatic rings. The topological polar surface area (TPSA) is 51.9 Å². The number of rotatable bonds is 3. The van der Waals surface area contributed by atoms with Crippen LogP contribution in [-0.4, -0.2) is 53.6 Å². The Labute approximate surface area is 202 Å². The van der Waals surface area contributed by atoms with Crippen LogP contribution in [0.5, 0.6) is 0 Å². The molecule has 0 N–H and O–H groups in total. The van der Waals surface area contributed by atoms with Gasteiger partial charge in [-0.05, 0) is 80.5 Å². The van der Waals surface area contributed by atoms with Crippen LogP contribution in [0.4, 0.5) is 5.69 Å². The van der Waals surface area contributed by atoms with Gasteiger partial charge >= 0.3 is 0 Å². The molecule has 4 aliphatic carbocycles. The Morgan fingerprint density at radius 1 is 1.00 bits per heavy atom. The normalized spacial score (nSPS) is 38.8. The Hall–Kier alpha value is -1.81. The van der Waals surface area contributed by atoms with Crippen molar-refractivity contribution in [1.82, 2.24) is 4.90 Å². The summed E-state index contributed by atoms with van der Waals surface area (Å²) in [5.74, 6) is 3.70. The molecule has 0 amide bonds. The van der Waals surface area contributed by atoms with E-state index in [0.717, 1.165) is 60.6 Å². The fraction of sp³-hybridized carbons (Fsp3) is 0.667. The Bertz CT molecular complexity index is 982. The third kappa shape index (κ3) is 3.55. The molecule has 0 unspecified atom stereocenters. The maximum atomic E-state index is 9.30. The summed E-state index contributed by atoms with van der Waals surface area (Å²) in [6, 6.07) is 10.3. The third-order valence-corrected chi connectivity index (χ3v) is 9.64. The predicted molar refractivity (Wildman–Crippen MR) is 135 cm³/mol. The van der Waals surface area contributed by atoms with Crippen molar-refractivity contribution in [3.63, 3.8) is 0 Å². The summed E-state index contributed by atoms with van der Waals surface area (Å²) in [5.41, 5.74) is 1.58. The van der Waals surface area contributed by atoms with E-state index in [0.29, 0.717) is 5.56 Å². The number of thiocarbonyl (C=S) groups is 1. The molecule has 174 valence electrons. The quantitative estimate of drug-likeness (QED) is 0.604. The Morgan fingerprint density at radius 2 is 1.58 bits per heavy atom. The van der Waals surface area contributed by atoms with Gasteiger partial charge in [-0.1, -0.05) is 26.1 Å². The summed E-state index contributed by atoms with van der Waals surface area (Å²) >= 11 is 6.17. The van der Waals surface area contributed by atoms with E-state index >= 15 is 0 Å². The van der Waals surface area contributed by atoms with Gasteiger partial charge in [0.1, 0.15) is 5.84 Å². The van der Waals surface area contributed by atoms with E-state index < -0.39 is 0 Å². The van der Waals surface area contributed by atoms with Crippen molar-refractivity contribution in [2.75, 3.05) is 31.2 Å². The summed E-state index contributed by atoms with van der Waals surface area (Å²) in [6.45, 7) is 7.93. The highest BCUT2D eigenvalue weighted by molar-refractivity contribution is 7.80. The minimum Gasteiger partial charge on any atom is -0.379 e. The highest BCUT2D eigenvalue weighted by Crippen LogP contribution is 2.58. The molecule has 2 saturated heterocycles. The lowest BCUT2D eigenvalue weighted by molar-refractivity contribution is -0.000248. The van der Waals surface area contributed by atoms with Crippen molar-refractivity contribution in [2.24, 2.45) is 28.2 Å². The van der Waals surface area contributed by atoms with Crippen molar-refractivity contribution in [2.45, 2.75) is 64.0 Å². The monoisotopic (exact) mass is 462 g/mol. The van der Waals surface area contributed by atoms with Gasteiger partial charge in [0.15, 0.2) is 0 Å². The summed E-state index contributed by atoms with van der Waals surface area (Å²) in [5, 5.41) is 9.30. The first-order valence-corrected chi connectivity index (χ1v) is 13.1. The maximum absolute atomic E-state index is 9.30. The van der Waals surface area contributed by atoms with E-state index in [1.807, 2.05) is 24.3 Å². The molecule has 1 aromatic carbocycles. The zero-order valence-electron chi connectivity index (χ0n) is 19.8. The van der Waals surface area contributed by atoms with Gasteiger partial charge in [0.25, 0.3) is 0 Å². The number of amidine groups is 1. The molecule has 0 radical (unpaired) electrons. The molecule has 2 aliphatic heterocycles. The van der Waals surface area contributed by atoms with Gasteiger partial charge in [-0.25, -0.2) is 0 Å². The van der Waals surface area contributed by atoms with Crippen LogP contribution in [-0.2, 0) is 4.74 Å². The Kier molecular flexibility index (Phi) is 5.17. The van der Waals surface area contributed by atoms with Gasteiger partial charge < -0.3 is 4.74 Å². The summed E-state index contributed by atoms with van der Waals surface area (Å²) in [4.78, 5) is 11.5. The molecule has 6 aliphatic rings. The highest BCUT2D eigenvalue weighted by Gasteiger charge is 2.56. The SMILES string of the molecule is CC1(C)C(=S)N(c2ccc(C#N)cc2)C(=NC23CC4CC(CC(C4)C2)C3)[C@@H]1N1CCOCC1. The van der Waals surface area contributed by atoms with E-state index in [1.54, 1.807) is 0 Å². The van der Waals surface area contributed by atoms with Crippen LogP contribution in [0, 0.1) is 34.5 Å². The van der Waals surface area contributed by atoms with Crippen LogP contribution in [0.25, 0.3) is 0 Å². The number of anilines is 1. The number of aliphatic imine (C=N–C) groups is 1. The second-order valence-electron chi connectivity index (χ2n) is 11.7. The summed E-state index contributed by atoms with van der Waals surface area (Å²) in [7, 11) is 0. The number of hydrogen-bond donors (Lipinski definition) is 0. The van der Waals surface area contributed by atoms with Gasteiger partial charge in [-0.2, -0.15) is 5.26 Å². The smallest absolute Gasteiger partial charge is 0.127 e. The molecule has 2 heterocycles. The molecular formula is C27H34N4OS. The second kappa shape index (κ2) is 7.86. The van der Waals surface area contributed by atoms with Crippen molar-refractivity contribution in [3.8, 4) is 6.07 Å². The molecule has 0 aromatic heterocycles. The van der Waals surface area contributed by atoms with E-state index in [-0.39, 0.29) is 17.0 Å². The van der Waals surface area contributed by atoms with Crippen LogP contribution in [0.3, 0.4) is 0 Å². The Balaban J connectivity index is 1.47. The minimum absolute atomic E-state index is 0.0789. The standard InChI is InChI=1S/C27H34N4OS/c1-26(2)23(30-7-9-32-10-8-30)24(31(25(26)33)22-5-3-18(17-28)4-6-22)29-27-14-19-11-20(15-27)13-21(12-19)16-27/h3-6,19-21,23H,7-16H2,1-2H3/t19?,20?,21?,23-,27?/m0/s1. The number of ether oxygens (including phenoxy) is 1. The van der Waals surface area contributed by atoms with Crippen molar-refractivity contribution >= 4 is 28.7 Å². The first-order chi connectivity index (χ1) is 15.9. The van der Waals surface area contributed by atoms with Crippen LogP contribution < -0.4 is 4.90 Å². The fourth-order valence-corrected chi connectivity index (χ4v) is 8.21. The van der Waals surface area contributed by atoms with E-state index in [9.17, 15) is 5.26 Å². The zero-order chi connectivity index (χ0) is 22.8. The van der Waals surface area contributed by atoms with Gasteiger partial charge in [-0.15, -0.1) is 0 Å². The lowest BCUT2D eigenvalue weighted by atomic mass is 9.53. The highest BCUT2D eigenvalue weighted by atomic mass is 32.1. The second-order valence-corrected chi connectivity index (χ2v) is 12.1. The van der Waals surface area contributed by atoms with Gasteiger partial charge in [-0.3, -0.25) is 14.8 Å². The third-order valence-electron chi connectivity index (χ3n) is 8.93. The molecule has 1 atom stereocenters. The molecule has 4 bridgehead atoms. The van der Waals surface area contributed by atoms with E-state index in [1.165, 1.54) is 38.5 Å². The number of nitriles is 1. The molecule has 7 rings (SSSR count). The zero-order valence-corrected chi connectivity index (χ0v) is 20.6. The molecule has 6 heteroatoms.